The molecule has 1 saturated heterocycles. The summed E-state index contributed by atoms with van der Waals surface area (Å²) in [6, 6.07) is 5.21. The molecule has 1 unspecified atom stereocenters. The molecule has 22 heavy (non-hydrogen) atoms. The monoisotopic (exact) mass is 364 g/mol. The zero-order valence-electron chi connectivity index (χ0n) is 12.1. The number of hydrogen-bond donors (Lipinski definition) is 1. The predicted octanol–water partition coefficient (Wildman–Crippen LogP) is 3.28. The van der Waals surface area contributed by atoms with Gasteiger partial charge in [-0.05, 0) is 37.8 Å². The van der Waals surface area contributed by atoms with E-state index in [1.165, 1.54) is 0 Å². The molecule has 2 fully saturated rings. The first-order chi connectivity index (χ1) is 9.98. The van der Waals surface area contributed by atoms with Gasteiger partial charge in [0, 0.05) is 12.6 Å². The van der Waals surface area contributed by atoms with Crippen molar-refractivity contribution in [1.29, 1.82) is 0 Å². The van der Waals surface area contributed by atoms with Crippen molar-refractivity contribution < 1.29 is 9.53 Å². The molecule has 7 heteroatoms. The van der Waals surface area contributed by atoms with Crippen LogP contribution in [-0.4, -0.2) is 35.5 Å². The Morgan fingerprint density at radius 3 is 2.68 bits per heavy atom. The zero-order chi connectivity index (χ0) is 15.0. The number of nitrogens with two attached hydrogens (primary N) is 1. The highest BCUT2D eigenvalue weighted by Gasteiger charge is 2.48. The van der Waals surface area contributed by atoms with Gasteiger partial charge in [0.2, 0.25) is 5.91 Å². The fourth-order valence-electron chi connectivity index (χ4n) is 2.62. The Bertz CT molecular complexity index is 564. The van der Waals surface area contributed by atoms with Crippen LogP contribution in [0.3, 0.4) is 0 Å². The first-order valence-corrected chi connectivity index (χ1v) is 7.93. The Morgan fingerprint density at radius 2 is 2.05 bits per heavy atom. The van der Waals surface area contributed by atoms with Crippen LogP contribution in [0.25, 0.3) is 0 Å². The van der Waals surface area contributed by atoms with Crippen LogP contribution in [0.2, 0.25) is 10.0 Å². The summed E-state index contributed by atoms with van der Waals surface area (Å²) in [5, 5.41) is 0.972. The van der Waals surface area contributed by atoms with Gasteiger partial charge in [-0.3, -0.25) is 4.79 Å². The van der Waals surface area contributed by atoms with Crippen molar-refractivity contribution in [2.24, 2.45) is 5.73 Å². The number of benzene rings is 1. The number of rotatable bonds is 3. The second-order valence-electron chi connectivity index (χ2n) is 5.87. The Balaban J connectivity index is 0.00000176. The molecule has 1 aliphatic carbocycles. The highest BCUT2D eigenvalue weighted by molar-refractivity contribution is 6.42. The van der Waals surface area contributed by atoms with Crippen LogP contribution in [0.15, 0.2) is 18.2 Å². The molecule has 0 radical (unpaired) electrons. The van der Waals surface area contributed by atoms with Crippen molar-refractivity contribution in [3.63, 3.8) is 0 Å². The number of hydrogen-bond acceptors (Lipinski definition) is 3. The first-order valence-electron chi connectivity index (χ1n) is 7.18. The van der Waals surface area contributed by atoms with Gasteiger partial charge in [0.1, 0.15) is 11.9 Å². The van der Waals surface area contributed by atoms with E-state index in [-0.39, 0.29) is 24.4 Å². The molecule has 1 aromatic rings. The summed E-state index contributed by atoms with van der Waals surface area (Å²) in [6.45, 7) is 1.34. The van der Waals surface area contributed by atoms with E-state index in [0.717, 1.165) is 32.2 Å². The third-order valence-electron chi connectivity index (χ3n) is 4.07. The summed E-state index contributed by atoms with van der Waals surface area (Å²) in [5.74, 6) is 0.738. The number of halogens is 3. The first kappa shape index (κ1) is 17.7. The molecule has 1 heterocycles. The molecule has 1 saturated carbocycles. The lowest BCUT2D eigenvalue weighted by atomic mass is 10.1. The van der Waals surface area contributed by atoms with Gasteiger partial charge in [-0.2, -0.15) is 0 Å². The van der Waals surface area contributed by atoms with Gasteiger partial charge >= 0.3 is 0 Å². The molecular weight excluding hydrogens is 347 g/mol. The molecule has 1 atom stereocenters. The zero-order valence-corrected chi connectivity index (χ0v) is 14.4. The van der Waals surface area contributed by atoms with Crippen LogP contribution < -0.4 is 10.5 Å². The quantitative estimate of drug-likeness (QED) is 0.894. The van der Waals surface area contributed by atoms with E-state index in [1.54, 1.807) is 18.2 Å². The molecule has 3 rings (SSSR count). The highest BCUT2D eigenvalue weighted by Crippen LogP contribution is 2.35. The standard InChI is InChI=1S/C15H18Cl2N2O2.ClH/c16-12-4-3-10(8-13(12)17)21-11-2-1-7-19(9-11)14(20)15(18)5-6-15;/h3-4,8,11H,1-2,5-7,9,18H2;1H. The van der Waals surface area contributed by atoms with E-state index in [0.29, 0.717) is 22.3 Å². The summed E-state index contributed by atoms with van der Waals surface area (Å²) in [7, 11) is 0. The molecule has 1 aliphatic heterocycles. The van der Waals surface area contributed by atoms with E-state index in [9.17, 15) is 4.79 Å². The van der Waals surface area contributed by atoms with Crippen molar-refractivity contribution >= 4 is 41.5 Å². The normalized spacial score (nSPS) is 22.7. The topological polar surface area (TPSA) is 55.6 Å². The number of carbonyl (C=O) groups excluding carboxylic acids is 1. The number of piperidine rings is 1. The molecule has 122 valence electrons. The maximum atomic E-state index is 12.3. The minimum absolute atomic E-state index is 0. The maximum absolute atomic E-state index is 12.3. The minimum atomic E-state index is -0.606. The molecule has 2 aliphatic rings. The lowest BCUT2D eigenvalue weighted by molar-refractivity contribution is -0.136. The van der Waals surface area contributed by atoms with Crippen molar-refractivity contribution in [1.82, 2.24) is 4.90 Å². The summed E-state index contributed by atoms with van der Waals surface area (Å²) >= 11 is 11.9. The maximum Gasteiger partial charge on any atom is 0.242 e. The van der Waals surface area contributed by atoms with Gasteiger partial charge < -0.3 is 15.4 Å². The highest BCUT2D eigenvalue weighted by atomic mass is 35.5. The molecule has 0 aromatic heterocycles. The Labute approximate surface area is 146 Å². The second-order valence-corrected chi connectivity index (χ2v) is 6.68. The van der Waals surface area contributed by atoms with E-state index < -0.39 is 5.54 Å². The third kappa shape index (κ3) is 3.80. The van der Waals surface area contributed by atoms with Crippen molar-refractivity contribution in [3.8, 4) is 5.75 Å². The van der Waals surface area contributed by atoms with Gasteiger partial charge in [-0.15, -0.1) is 12.4 Å². The molecule has 1 aromatic carbocycles. The van der Waals surface area contributed by atoms with Gasteiger partial charge in [0.25, 0.3) is 0 Å². The smallest absolute Gasteiger partial charge is 0.242 e. The number of ether oxygens (including phenoxy) is 1. The Kier molecular flexibility index (Phi) is 5.49. The largest absolute Gasteiger partial charge is 0.489 e. The fourth-order valence-corrected chi connectivity index (χ4v) is 2.91. The summed E-state index contributed by atoms with van der Waals surface area (Å²) in [6.07, 6.45) is 3.40. The number of likely N-dealkylation sites (tertiary alicyclic amines) is 1. The SMILES string of the molecule is Cl.NC1(C(=O)N2CCCC(Oc3ccc(Cl)c(Cl)c3)C2)CC1. The molecule has 0 bridgehead atoms. The summed E-state index contributed by atoms with van der Waals surface area (Å²) in [4.78, 5) is 14.1. The van der Waals surface area contributed by atoms with Gasteiger partial charge in [-0.25, -0.2) is 0 Å². The lowest BCUT2D eigenvalue weighted by Crippen LogP contribution is -2.51. The molecule has 4 nitrogen and oxygen atoms in total. The van der Waals surface area contributed by atoms with Crippen LogP contribution in [0, 0.1) is 0 Å². The fraction of sp³-hybridized carbons (Fsp3) is 0.533. The van der Waals surface area contributed by atoms with E-state index in [2.05, 4.69) is 0 Å². The van der Waals surface area contributed by atoms with E-state index >= 15 is 0 Å². The Hall–Kier alpha value is -0.680. The van der Waals surface area contributed by atoms with Crippen molar-refractivity contribution in [2.75, 3.05) is 13.1 Å². The number of amides is 1. The van der Waals surface area contributed by atoms with Crippen LogP contribution in [0.4, 0.5) is 0 Å². The van der Waals surface area contributed by atoms with Gasteiger partial charge in [0.15, 0.2) is 0 Å². The lowest BCUT2D eigenvalue weighted by Gasteiger charge is -2.34. The molecule has 1 amide bonds. The average molecular weight is 366 g/mol. The summed E-state index contributed by atoms with van der Waals surface area (Å²) < 4.78 is 5.93. The van der Waals surface area contributed by atoms with Crippen LogP contribution in [0.1, 0.15) is 25.7 Å². The van der Waals surface area contributed by atoms with Crippen LogP contribution in [-0.2, 0) is 4.79 Å². The van der Waals surface area contributed by atoms with Crippen LogP contribution in [0.5, 0.6) is 5.75 Å². The molecular formula is C15H19Cl3N2O2. The number of nitrogens with zero attached hydrogens (tertiary/aromatic N) is 1. The molecule has 2 N–H and O–H groups in total. The van der Waals surface area contributed by atoms with Gasteiger partial charge in [-0.1, -0.05) is 23.2 Å². The second kappa shape index (κ2) is 6.83. The predicted molar refractivity (Wildman–Crippen MR) is 90.1 cm³/mol. The van der Waals surface area contributed by atoms with Crippen molar-refractivity contribution in [2.45, 2.75) is 37.3 Å². The average Bonchev–Trinajstić information content (AvgIpc) is 3.22. The Morgan fingerprint density at radius 1 is 1.32 bits per heavy atom. The molecule has 0 spiro atoms. The van der Waals surface area contributed by atoms with Crippen LogP contribution >= 0.6 is 35.6 Å². The van der Waals surface area contributed by atoms with E-state index in [1.807, 2.05) is 4.90 Å². The van der Waals surface area contributed by atoms with Crippen molar-refractivity contribution in [3.05, 3.63) is 28.2 Å². The van der Waals surface area contributed by atoms with Gasteiger partial charge in [0.05, 0.1) is 22.1 Å². The third-order valence-corrected chi connectivity index (χ3v) is 4.81. The summed E-state index contributed by atoms with van der Waals surface area (Å²) in [5.41, 5.74) is 5.39. The number of carbonyl (C=O) groups is 1. The van der Waals surface area contributed by atoms with E-state index in [4.69, 9.17) is 33.7 Å². The minimum Gasteiger partial charge on any atom is -0.489 e.